The highest BCUT2D eigenvalue weighted by Gasteiger charge is 2.18. The van der Waals surface area contributed by atoms with Crippen molar-refractivity contribution in [2.45, 2.75) is 44.7 Å². The first-order valence-electron chi connectivity index (χ1n) is 8.07. The van der Waals surface area contributed by atoms with Crippen LogP contribution in [-0.4, -0.2) is 49.3 Å². The Kier molecular flexibility index (Phi) is 6.83. The first kappa shape index (κ1) is 16.1. The zero-order valence-electron chi connectivity index (χ0n) is 13.4. The summed E-state index contributed by atoms with van der Waals surface area (Å²) in [7, 11) is 4.26. The van der Waals surface area contributed by atoms with Gasteiger partial charge in [-0.1, -0.05) is 6.42 Å². The maximum atomic E-state index is 4.51. The van der Waals surface area contributed by atoms with Crippen LogP contribution in [0.25, 0.3) is 0 Å². The lowest BCUT2D eigenvalue weighted by Crippen LogP contribution is -2.17. The normalized spacial score (nSPS) is 15.2. The summed E-state index contributed by atoms with van der Waals surface area (Å²) in [6.07, 6.45) is 10.2. The highest BCUT2D eigenvalue weighted by molar-refractivity contribution is 5.79. The van der Waals surface area contributed by atoms with Crippen LogP contribution in [0.15, 0.2) is 23.3 Å². The predicted octanol–water partition coefficient (Wildman–Crippen LogP) is 2.48. The molecule has 4 heteroatoms. The van der Waals surface area contributed by atoms with E-state index in [1.165, 1.54) is 44.2 Å². The van der Waals surface area contributed by atoms with Crippen LogP contribution in [0.2, 0.25) is 0 Å². The van der Waals surface area contributed by atoms with Gasteiger partial charge in [0.1, 0.15) is 0 Å². The van der Waals surface area contributed by atoms with Crippen molar-refractivity contribution >= 4 is 6.21 Å². The van der Waals surface area contributed by atoms with Gasteiger partial charge in [-0.2, -0.15) is 0 Å². The van der Waals surface area contributed by atoms with Gasteiger partial charge >= 0.3 is 0 Å². The third-order valence-electron chi connectivity index (χ3n) is 3.59. The molecule has 0 bridgehead atoms. The maximum Gasteiger partial charge on any atom is 0.0548 e. The van der Waals surface area contributed by atoms with E-state index >= 15 is 0 Å². The molecule has 1 saturated carbocycles. The average molecular weight is 288 g/mol. The Bertz CT molecular complexity index is 438. The second-order valence-electron chi connectivity index (χ2n) is 6.13. The summed E-state index contributed by atoms with van der Waals surface area (Å²) < 4.78 is 0. The molecule has 2 rings (SSSR count). The van der Waals surface area contributed by atoms with E-state index in [0.717, 1.165) is 18.8 Å². The lowest BCUT2D eigenvalue weighted by Gasteiger charge is -2.09. The van der Waals surface area contributed by atoms with Crippen molar-refractivity contribution in [2.24, 2.45) is 4.99 Å². The largest absolute Gasteiger partial charge is 0.311 e. The highest BCUT2D eigenvalue weighted by Crippen LogP contribution is 2.23. The number of hydrogen-bond acceptors (Lipinski definition) is 4. The minimum Gasteiger partial charge on any atom is -0.311 e. The average Bonchev–Trinajstić information content (AvgIpc) is 3.28. The molecule has 0 spiro atoms. The SMILES string of the molecule is CN(C)CCCCCNCc1cc(/C=N\C2CC2)ccn1. The van der Waals surface area contributed by atoms with Gasteiger partial charge in [0, 0.05) is 19.0 Å². The lowest BCUT2D eigenvalue weighted by molar-refractivity contribution is 0.390. The highest BCUT2D eigenvalue weighted by atomic mass is 15.0. The summed E-state index contributed by atoms with van der Waals surface area (Å²) in [4.78, 5) is 11.2. The third kappa shape index (κ3) is 7.34. The third-order valence-corrected chi connectivity index (χ3v) is 3.59. The molecule has 0 saturated heterocycles. The van der Waals surface area contributed by atoms with E-state index < -0.39 is 0 Å². The quantitative estimate of drug-likeness (QED) is 0.531. The van der Waals surface area contributed by atoms with E-state index in [1.54, 1.807) is 0 Å². The number of aromatic nitrogens is 1. The van der Waals surface area contributed by atoms with Gasteiger partial charge in [-0.3, -0.25) is 9.98 Å². The molecule has 1 aromatic rings. The van der Waals surface area contributed by atoms with Gasteiger partial charge in [0.2, 0.25) is 0 Å². The fraction of sp³-hybridized carbons (Fsp3) is 0.647. The fourth-order valence-electron chi connectivity index (χ4n) is 2.16. The first-order chi connectivity index (χ1) is 10.2. The Morgan fingerprint density at radius 1 is 1.33 bits per heavy atom. The molecular formula is C17H28N4. The van der Waals surface area contributed by atoms with E-state index in [2.05, 4.69) is 40.4 Å². The molecule has 1 aromatic heterocycles. The van der Waals surface area contributed by atoms with Crippen molar-refractivity contribution in [1.82, 2.24) is 15.2 Å². The molecule has 1 aliphatic carbocycles. The fourth-order valence-corrected chi connectivity index (χ4v) is 2.16. The summed E-state index contributed by atoms with van der Waals surface area (Å²) in [5.74, 6) is 0. The molecule has 4 nitrogen and oxygen atoms in total. The van der Waals surface area contributed by atoms with Gasteiger partial charge in [0.05, 0.1) is 11.7 Å². The number of nitrogens with one attached hydrogen (secondary N) is 1. The molecule has 1 heterocycles. The molecule has 1 N–H and O–H groups in total. The van der Waals surface area contributed by atoms with E-state index in [0.29, 0.717) is 6.04 Å². The van der Waals surface area contributed by atoms with Crippen LogP contribution in [0.4, 0.5) is 0 Å². The Morgan fingerprint density at radius 2 is 2.19 bits per heavy atom. The Labute approximate surface area is 128 Å². The second-order valence-corrected chi connectivity index (χ2v) is 6.13. The number of pyridine rings is 1. The number of unbranched alkanes of at least 4 members (excludes halogenated alkanes) is 2. The molecule has 21 heavy (non-hydrogen) atoms. The van der Waals surface area contributed by atoms with Gasteiger partial charge in [-0.05, 0) is 70.6 Å². The van der Waals surface area contributed by atoms with Gasteiger partial charge in [0.25, 0.3) is 0 Å². The van der Waals surface area contributed by atoms with Gasteiger partial charge < -0.3 is 10.2 Å². The monoisotopic (exact) mass is 288 g/mol. The Hall–Kier alpha value is -1.26. The van der Waals surface area contributed by atoms with Crippen molar-refractivity contribution in [3.63, 3.8) is 0 Å². The van der Waals surface area contributed by atoms with Crippen LogP contribution in [0, 0.1) is 0 Å². The molecule has 0 radical (unpaired) electrons. The summed E-state index contributed by atoms with van der Waals surface area (Å²) >= 11 is 0. The molecule has 116 valence electrons. The molecule has 0 amide bonds. The van der Waals surface area contributed by atoms with Gasteiger partial charge in [-0.25, -0.2) is 0 Å². The summed E-state index contributed by atoms with van der Waals surface area (Å²) in [6.45, 7) is 3.10. The standard InChI is InChI=1S/C17H28N4/c1-21(2)11-5-3-4-9-18-14-17-12-15(8-10-19-17)13-20-16-6-7-16/h8,10,12-13,16,18H,3-7,9,11,14H2,1-2H3/b20-13-. The molecule has 0 atom stereocenters. The number of hydrogen-bond donors (Lipinski definition) is 1. The molecule has 0 aliphatic heterocycles. The van der Waals surface area contributed by atoms with Crippen LogP contribution < -0.4 is 5.32 Å². The summed E-state index contributed by atoms with van der Waals surface area (Å²) in [6, 6.07) is 4.74. The van der Waals surface area contributed by atoms with Crippen LogP contribution in [0.5, 0.6) is 0 Å². The zero-order chi connectivity index (χ0) is 14.9. The summed E-state index contributed by atoms with van der Waals surface area (Å²) in [5.41, 5.74) is 2.27. The van der Waals surface area contributed by atoms with Crippen LogP contribution >= 0.6 is 0 Å². The smallest absolute Gasteiger partial charge is 0.0548 e. The Balaban J connectivity index is 1.60. The van der Waals surface area contributed by atoms with Crippen molar-refractivity contribution < 1.29 is 0 Å². The minimum absolute atomic E-state index is 0.585. The van der Waals surface area contributed by atoms with E-state index in [4.69, 9.17) is 0 Å². The number of aliphatic imine (C=N–C) groups is 1. The maximum absolute atomic E-state index is 4.51. The zero-order valence-corrected chi connectivity index (χ0v) is 13.4. The topological polar surface area (TPSA) is 40.5 Å². The van der Waals surface area contributed by atoms with Crippen molar-refractivity contribution in [3.8, 4) is 0 Å². The van der Waals surface area contributed by atoms with Crippen molar-refractivity contribution in [3.05, 3.63) is 29.6 Å². The molecule has 1 fully saturated rings. The Morgan fingerprint density at radius 3 is 2.95 bits per heavy atom. The van der Waals surface area contributed by atoms with E-state index in [1.807, 2.05) is 18.5 Å². The molecule has 1 aliphatic rings. The van der Waals surface area contributed by atoms with Crippen LogP contribution in [0.3, 0.4) is 0 Å². The summed E-state index contributed by atoms with van der Waals surface area (Å²) in [5, 5.41) is 3.47. The van der Waals surface area contributed by atoms with Gasteiger partial charge in [0.15, 0.2) is 0 Å². The van der Waals surface area contributed by atoms with Crippen LogP contribution in [0.1, 0.15) is 43.4 Å². The molecular weight excluding hydrogens is 260 g/mol. The minimum atomic E-state index is 0.585. The first-order valence-corrected chi connectivity index (χ1v) is 8.07. The van der Waals surface area contributed by atoms with Crippen LogP contribution in [-0.2, 0) is 6.54 Å². The van der Waals surface area contributed by atoms with Crippen molar-refractivity contribution in [1.29, 1.82) is 0 Å². The predicted molar refractivity (Wildman–Crippen MR) is 89.0 cm³/mol. The lowest BCUT2D eigenvalue weighted by atomic mass is 10.2. The number of nitrogens with zero attached hydrogens (tertiary/aromatic N) is 3. The number of rotatable bonds is 10. The van der Waals surface area contributed by atoms with E-state index in [9.17, 15) is 0 Å². The van der Waals surface area contributed by atoms with E-state index in [-0.39, 0.29) is 0 Å². The van der Waals surface area contributed by atoms with Crippen molar-refractivity contribution in [2.75, 3.05) is 27.2 Å². The molecule has 0 unspecified atom stereocenters. The second kappa shape index (κ2) is 8.90. The van der Waals surface area contributed by atoms with Gasteiger partial charge in [-0.15, -0.1) is 0 Å². The molecule has 0 aromatic carbocycles.